The molecular formula is C15H28BrN. The summed E-state index contributed by atoms with van der Waals surface area (Å²) in [6.07, 6.45) is 7.37. The van der Waals surface area contributed by atoms with E-state index in [1.807, 2.05) is 0 Å². The van der Waals surface area contributed by atoms with Crippen molar-refractivity contribution in [2.45, 2.75) is 58.9 Å². The molecule has 0 bridgehead atoms. The van der Waals surface area contributed by atoms with Gasteiger partial charge >= 0.3 is 0 Å². The van der Waals surface area contributed by atoms with E-state index in [2.05, 4.69) is 41.6 Å². The molecule has 1 saturated carbocycles. The van der Waals surface area contributed by atoms with Crippen LogP contribution in [0.1, 0.15) is 52.9 Å². The Morgan fingerprint density at radius 3 is 2.53 bits per heavy atom. The average molecular weight is 302 g/mol. The van der Waals surface area contributed by atoms with Crippen LogP contribution in [-0.2, 0) is 0 Å². The fourth-order valence-corrected chi connectivity index (χ4v) is 4.74. The number of fused-ring (bicyclic) bond motifs is 1. The molecule has 1 heterocycles. The van der Waals surface area contributed by atoms with Gasteiger partial charge in [-0.3, -0.25) is 4.90 Å². The summed E-state index contributed by atoms with van der Waals surface area (Å²) < 4.78 is 0. The van der Waals surface area contributed by atoms with E-state index in [1.54, 1.807) is 0 Å². The zero-order chi connectivity index (χ0) is 12.5. The fourth-order valence-electron chi connectivity index (χ4n) is 3.57. The maximum absolute atomic E-state index is 3.72. The third-order valence-corrected chi connectivity index (χ3v) is 5.77. The Bertz CT molecular complexity index is 246. The summed E-state index contributed by atoms with van der Waals surface area (Å²) in [7, 11) is 0. The number of halogens is 1. The topological polar surface area (TPSA) is 3.24 Å². The van der Waals surface area contributed by atoms with Crippen molar-refractivity contribution in [3.63, 3.8) is 0 Å². The molecule has 100 valence electrons. The van der Waals surface area contributed by atoms with Crippen molar-refractivity contribution >= 4 is 15.9 Å². The van der Waals surface area contributed by atoms with E-state index in [9.17, 15) is 0 Å². The first-order chi connectivity index (χ1) is 8.02. The van der Waals surface area contributed by atoms with Crippen LogP contribution >= 0.6 is 15.9 Å². The molecule has 0 N–H and O–H groups in total. The maximum atomic E-state index is 3.72. The molecule has 0 aromatic rings. The summed E-state index contributed by atoms with van der Waals surface area (Å²) in [5.41, 5.74) is 0.427. The van der Waals surface area contributed by atoms with Gasteiger partial charge in [-0.1, -0.05) is 49.5 Å². The molecule has 0 spiro atoms. The minimum Gasteiger partial charge on any atom is -0.300 e. The zero-order valence-corrected chi connectivity index (χ0v) is 13.3. The van der Waals surface area contributed by atoms with Gasteiger partial charge in [-0.15, -0.1) is 0 Å². The second kappa shape index (κ2) is 5.61. The third kappa shape index (κ3) is 3.26. The molecule has 17 heavy (non-hydrogen) atoms. The van der Waals surface area contributed by atoms with Crippen molar-refractivity contribution in [3.05, 3.63) is 0 Å². The van der Waals surface area contributed by atoms with E-state index >= 15 is 0 Å². The first-order valence-electron chi connectivity index (χ1n) is 7.32. The predicted octanol–water partition coefficient (Wildman–Crippen LogP) is 4.31. The third-order valence-electron chi connectivity index (χ3n) is 4.99. The van der Waals surface area contributed by atoms with Crippen LogP contribution in [0.25, 0.3) is 0 Å². The first kappa shape index (κ1) is 13.9. The highest BCUT2D eigenvalue weighted by Gasteiger charge is 2.37. The Labute approximate surface area is 115 Å². The highest BCUT2D eigenvalue weighted by Crippen LogP contribution is 2.38. The van der Waals surface area contributed by atoms with Crippen LogP contribution in [-0.4, -0.2) is 29.4 Å². The largest absolute Gasteiger partial charge is 0.300 e. The van der Waals surface area contributed by atoms with E-state index in [4.69, 9.17) is 0 Å². The Morgan fingerprint density at radius 2 is 1.88 bits per heavy atom. The number of nitrogens with zero attached hydrogens (tertiary/aromatic N) is 1. The monoisotopic (exact) mass is 301 g/mol. The van der Waals surface area contributed by atoms with Crippen LogP contribution in [0.4, 0.5) is 0 Å². The molecule has 0 radical (unpaired) electrons. The molecule has 3 unspecified atom stereocenters. The Kier molecular flexibility index (Phi) is 4.57. The lowest BCUT2D eigenvalue weighted by atomic mass is 9.81. The van der Waals surface area contributed by atoms with E-state index in [0.29, 0.717) is 5.41 Å². The molecule has 1 nitrogen and oxygen atoms in total. The summed E-state index contributed by atoms with van der Waals surface area (Å²) >= 11 is 3.72. The second-order valence-corrected chi connectivity index (χ2v) is 7.76. The zero-order valence-electron chi connectivity index (χ0n) is 11.7. The van der Waals surface area contributed by atoms with Crippen molar-refractivity contribution in [2.75, 3.05) is 18.4 Å². The van der Waals surface area contributed by atoms with Crippen molar-refractivity contribution in [1.29, 1.82) is 0 Å². The Morgan fingerprint density at radius 1 is 1.18 bits per heavy atom. The molecule has 1 aliphatic heterocycles. The van der Waals surface area contributed by atoms with Crippen LogP contribution in [0.2, 0.25) is 0 Å². The van der Waals surface area contributed by atoms with Crippen molar-refractivity contribution < 1.29 is 0 Å². The molecule has 0 amide bonds. The fraction of sp³-hybridized carbons (Fsp3) is 1.00. The van der Waals surface area contributed by atoms with Gasteiger partial charge < -0.3 is 0 Å². The summed E-state index contributed by atoms with van der Waals surface area (Å²) in [6, 6.07) is 0.924. The maximum Gasteiger partial charge on any atom is 0.0124 e. The number of rotatable bonds is 3. The lowest BCUT2D eigenvalue weighted by Crippen LogP contribution is -2.41. The van der Waals surface area contributed by atoms with Gasteiger partial charge in [0.05, 0.1) is 0 Å². The first-order valence-corrected chi connectivity index (χ1v) is 8.44. The van der Waals surface area contributed by atoms with E-state index < -0.39 is 0 Å². The second-order valence-electron chi connectivity index (χ2n) is 7.11. The summed E-state index contributed by atoms with van der Waals surface area (Å²) in [4.78, 5) is 2.81. The average Bonchev–Trinajstić information content (AvgIpc) is 2.67. The molecule has 1 saturated heterocycles. The van der Waals surface area contributed by atoms with Crippen LogP contribution in [0, 0.1) is 17.3 Å². The summed E-state index contributed by atoms with van der Waals surface area (Å²) in [6.45, 7) is 9.80. The number of alkyl halides is 1. The lowest BCUT2D eigenvalue weighted by Gasteiger charge is -2.37. The molecule has 1 aliphatic carbocycles. The molecular weight excluding hydrogens is 274 g/mol. The quantitative estimate of drug-likeness (QED) is 0.702. The minimum absolute atomic E-state index is 0.427. The van der Waals surface area contributed by atoms with Gasteiger partial charge in [-0.2, -0.15) is 0 Å². The SMILES string of the molecule is CC(C)(C)C(CBr)CN1CCC2CCCCC21. The Balaban J connectivity index is 1.94. The summed E-state index contributed by atoms with van der Waals surface area (Å²) in [5, 5.41) is 1.14. The normalized spacial score (nSPS) is 32.5. The Hall–Kier alpha value is 0.440. The number of hydrogen-bond acceptors (Lipinski definition) is 1. The highest BCUT2D eigenvalue weighted by atomic mass is 79.9. The molecule has 2 rings (SSSR count). The molecule has 2 fully saturated rings. The smallest absolute Gasteiger partial charge is 0.0124 e. The van der Waals surface area contributed by atoms with Gasteiger partial charge in [0, 0.05) is 17.9 Å². The molecule has 0 aromatic carbocycles. The van der Waals surface area contributed by atoms with Gasteiger partial charge in [-0.05, 0) is 43.1 Å². The number of hydrogen-bond donors (Lipinski definition) is 0. The lowest BCUT2D eigenvalue weighted by molar-refractivity contribution is 0.125. The molecule has 2 heteroatoms. The minimum atomic E-state index is 0.427. The van der Waals surface area contributed by atoms with Crippen molar-refractivity contribution in [3.8, 4) is 0 Å². The number of likely N-dealkylation sites (tertiary alicyclic amines) is 1. The van der Waals surface area contributed by atoms with Gasteiger partial charge in [0.25, 0.3) is 0 Å². The molecule has 3 atom stereocenters. The highest BCUT2D eigenvalue weighted by molar-refractivity contribution is 9.09. The van der Waals surface area contributed by atoms with Gasteiger partial charge in [-0.25, -0.2) is 0 Å². The predicted molar refractivity (Wildman–Crippen MR) is 78.7 cm³/mol. The van der Waals surface area contributed by atoms with E-state index in [0.717, 1.165) is 23.2 Å². The van der Waals surface area contributed by atoms with Crippen LogP contribution in [0.3, 0.4) is 0 Å². The van der Waals surface area contributed by atoms with Gasteiger partial charge in [0.1, 0.15) is 0 Å². The van der Waals surface area contributed by atoms with Gasteiger partial charge in [0.15, 0.2) is 0 Å². The molecule has 2 aliphatic rings. The van der Waals surface area contributed by atoms with E-state index in [-0.39, 0.29) is 0 Å². The van der Waals surface area contributed by atoms with Crippen LogP contribution in [0.15, 0.2) is 0 Å². The standard InChI is InChI=1S/C15H28BrN/c1-15(2,3)13(10-16)11-17-9-8-12-6-4-5-7-14(12)17/h12-14H,4-11H2,1-3H3. The molecule has 0 aromatic heterocycles. The van der Waals surface area contributed by atoms with Crippen LogP contribution < -0.4 is 0 Å². The summed E-state index contributed by atoms with van der Waals surface area (Å²) in [5.74, 6) is 1.81. The van der Waals surface area contributed by atoms with Gasteiger partial charge in [0.2, 0.25) is 0 Å². The van der Waals surface area contributed by atoms with Crippen molar-refractivity contribution in [1.82, 2.24) is 4.90 Å². The van der Waals surface area contributed by atoms with E-state index in [1.165, 1.54) is 45.2 Å². The van der Waals surface area contributed by atoms with Crippen LogP contribution in [0.5, 0.6) is 0 Å². The van der Waals surface area contributed by atoms with Crippen molar-refractivity contribution in [2.24, 2.45) is 17.3 Å².